The van der Waals surface area contributed by atoms with E-state index in [4.69, 9.17) is 32.5 Å². The van der Waals surface area contributed by atoms with E-state index in [9.17, 15) is 27.6 Å². The highest BCUT2D eigenvalue weighted by atomic mass is 35.5. The number of halogens is 1. The molecule has 1 spiro atoms. The SMILES string of the molecule is Nc1nc(N)c(C(=O)N=C2NCC3(CCN(C(=O)c4cccc(S(=O)(=O)NCCC(=O)OCC(=O)OC5CCCCC5)c4)CC3)N2)nc1Cl. The zero-order valence-electron chi connectivity index (χ0n) is 26.6. The molecule has 1 aromatic carbocycles. The summed E-state index contributed by atoms with van der Waals surface area (Å²) in [5.74, 6) is -2.58. The number of hydrogen-bond donors (Lipinski definition) is 5. The Labute approximate surface area is 287 Å². The van der Waals surface area contributed by atoms with Crippen LogP contribution in [0.5, 0.6) is 0 Å². The van der Waals surface area contributed by atoms with Crippen LogP contribution in [-0.2, 0) is 29.1 Å². The van der Waals surface area contributed by atoms with Gasteiger partial charge in [0.25, 0.3) is 5.91 Å². The number of nitrogens with one attached hydrogen (secondary N) is 3. The van der Waals surface area contributed by atoms with Gasteiger partial charge in [0.05, 0.1) is 16.9 Å². The number of amides is 2. The van der Waals surface area contributed by atoms with E-state index in [0.29, 0.717) is 32.5 Å². The summed E-state index contributed by atoms with van der Waals surface area (Å²) in [6, 6.07) is 5.61. The van der Waals surface area contributed by atoms with E-state index < -0.39 is 40.0 Å². The van der Waals surface area contributed by atoms with Crippen molar-refractivity contribution in [2.75, 3.05) is 44.3 Å². The first-order chi connectivity index (χ1) is 23.3. The fourth-order valence-corrected chi connectivity index (χ4v) is 7.02. The average molecular weight is 720 g/mol. The average Bonchev–Trinajstić information content (AvgIpc) is 3.47. The molecule has 3 fully saturated rings. The third-order valence-corrected chi connectivity index (χ3v) is 10.3. The van der Waals surface area contributed by atoms with E-state index in [1.54, 1.807) is 4.90 Å². The van der Waals surface area contributed by atoms with Crippen LogP contribution in [0, 0.1) is 0 Å². The summed E-state index contributed by atoms with van der Waals surface area (Å²) in [5, 5.41) is 6.12. The Bertz CT molecular complexity index is 1740. The number of anilines is 2. The van der Waals surface area contributed by atoms with Crippen molar-refractivity contribution in [1.29, 1.82) is 0 Å². The summed E-state index contributed by atoms with van der Waals surface area (Å²) >= 11 is 5.87. The van der Waals surface area contributed by atoms with E-state index >= 15 is 0 Å². The number of ether oxygens (including phenoxy) is 2. The normalized spacial score (nSPS) is 18.5. The molecule has 17 nitrogen and oxygen atoms in total. The number of nitrogens with two attached hydrogens (primary N) is 2. The largest absolute Gasteiger partial charge is 0.460 e. The molecule has 1 aliphatic carbocycles. The van der Waals surface area contributed by atoms with E-state index in [-0.39, 0.29) is 63.9 Å². The molecule has 0 bridgehead atoms. The molecule has 2 saturated heterocycles. The van der Waals surface area contributed by atoms with E-state index in [1.807, 2.05) is 0 Å². The predicted octanol–water partition coefficient (Wildman–Crippen LogP) is 0.746. The van der Waals surface area contributed by atoms with Crippen molar-refractivity contribution in [3.63, 3.8) is 0 Å². The second-order valence-corrected chi connectivity index (χ2v) is 14.2. The first-order valence-corrected chi connectivity index (χ1v) is 17.7. The van der Waals surface area contributed by atoms with Crippen LogP contribution in [0.1, 0.15) is 72.2 Å². The quantitative estimate of drug-likeness (QED) is 0.213. The highest BCUT2D eigenvalue weighted by molar-refractivity contribution is 7.89. The predicted molar refractivity (Wildman–Crippen MR) is 177 cm³/mol. The second kappa shape index (κ2) is 15.3. The van der Waals surface area contributed by atoms with Gasteiger partial charge in [-0.1, -0.05) is 24.1 Å². The molecule has 1 aromatic heterocycles. The monoisotopic (exact) mass is 719 g/mol. The minimum atomic E-state index is -4.06. The van der Waals surface area contributed by atoms with Crippen LogP contribution in [-0.4, -0.2) is 97.4 Å². The second-order valence-electron chi connectivity index (χ2n) is 12.0. The Morgan fingerprint density at radius 1 is 1.06 bits per heavy atom. The Balaban J connectivity index is 1.08. The Hall–Kier alpha value is -4.55. The van der Waals surface area contributed by atoms with Gasteiger partial charge in [0, 0.05) is 31.7 Å². The number of nitrogens with zero attached hydrogens (tertiary/aromatic N) is 4. The Kier molecular flexibility index (Phi) is 11.2. The van der Waals surface area contributed by atoms with Crippen LogP contribution < -0.4 is 26.8 Å². The van der Waals surface area contributed by atoms with Gasteiger partial charge in [0.1, 0.15) is 6.10 Å². The molecule has 3 aliphatic rings. The lowest BCUT2D eigenvalue weighted by atomic mass is 9.88. The maximum atomic E-state index is 13.4. The van der Waals surface area contributed by atoms with Crippen molar-refractivity contribution >= 4 is 63.0 Å². The number of benzene rings is 1. The number of aromatic nitrogens is 2. The van der Waals surface area contributed by atoms with Gasteiger partial charge in [-0.15, -0.1) is 0 Å². The van der Waals surface area contributed by atoms with Crippen LogP contribution in [0.3, 0.4) is 0 Å². The molecule has 1 saturated carbocycles. The molecule has 0 atom stereocenters. The molecule has 2 aromatic rings. The molecular formula is C30H38ClN9O8S. The summed E-state index contributed by atoms with van der Waals surface area (Å²) in [7, 11) is -4.06. The minimum absolute atomic E-state index is 0.105. The molecule has 49 heavy (non-hydrogen) atoms. The van der Waals surface area contributed by atoms with Gasteiger partial charge in [0.15, 0.2) is 35.0 Å². The first-order valence-electron chi connectivity index (χ1n) is 15.8. The lowest BCUT2D eigenvalue weighted by Crippen LogP contribution is -2.53. The third-order valence-electron chi connectivity index (χ3n) is 8.52. The number of guanidine groups is 1. The summed E-state index contributed by atoms with van der Waals surface area (Å²) in [4.78, 5) is 63.2. The standard InChI is InChI=1S/C30H38ClN9O8S/c31-24-26(33)37-25(32)23(36-24)27(43)38-29-34-17-30(39-29)10-13-40(14-11-30)28(44)18-5-4-8-20(15-18)49(45,46)35-12-9-21(41)47-16-22(42)48-19-6-2-1-3-7-19/h4-5,8,15,19,35H,1-3,6-7,9-14,16-17H2,(H4,32,33,37)(H2,34,38,39,43). The van der Waals surface area contributed by atoms with Crippen LogP contribution in [0.2, 0.25) is 5.15 Å². The molecule has 2 aliphatic heterocycles. The number of esters is 2. The van der Waals surface area contributed by atoms with Crippen molar-refractivity contribution in [2.24, 2.45) is 4.99 Å². The summed E-state index contributed by atoms with van der Waals surface area (Å²) < 4.78 is 38.4. The third kappa shape index (κ3) is 9.12. The van der Waals surface area contributed by atoms with Crippen LogP contribution in [0.25, 0.3) is 0 Å². The van der Waals surface area contributed by atoms with Gasteiger partial charge in [0.2, 0.25) is 10.0 Å². The highest BCUT2D eigenvalue weighted by Gasteiger charge is 2.41. The van der Waals surface area contributed by atoms with E-state index in [2.05, 4.69) is 30.3 Å². The number of rotatable bonds is 10. The number of sulfonamides is 1. The van der Waals surface area contributed by atoms with Gasteiger partial charge >= 0.3 is 17.8 Å². The number of hydrogen-bond acceptors (Lipinski definition) is 12. The maximum absolute atomic E-state index is 13.4. The highest BCUT2D eigenvalue weighted by Crippen LogP contribution is 2.26. The van der Waals surface area contributed by atoms with Crippen molar-refractivity contribution in [2.45, 2.75) is 67.9 Å². The van der Waals surface area contributed by atoms with Crippen molar-refractivity contribution < 1.29 is 37.1 Å². The fraction of sp³-hybridized carbons (Fsp3) is 0.500. The van der Waals surface area contributed by atoms with Gasteiger partial charge in [-0.3, -0.25) is 14.4 Å². The summed E-state index contributed by atoms with van der Waals surface area (Å²) in [5.41, 5.74) is 10.8. The van der Waals surface area contributed by atoms with Gasteiger partial charge in [-0.05, 0) is 56.7 Å². The number of aliphatic imine (C=N–C) groups is 1. The number of likely N-dealkylation sites (tertiary alicyclic amines) is 1. The smallest absolute Gasteiger partial charge is 0.344 e. The summed E-state index contributed by atoms with van der Waals surface area (Å²) in [6.07, 6.45) is 5.25. The molecule has 7 N–H and O–H groups in total. The fourth-order valence-electron chi connectivity index (χ4n) is 5.82. The molecule has 3 heterocycles. The molecule has 0 unspecified atom stereocenters. The van der Waals surface area contributed by atoms with Gasteiger partial charge < -0.3 is 36.5 Å². The van der Waals surface area contributed by atoms with Crippen molar-refractivity contribution in [3.05, 3.63) is 40.7 Å². The molecule has 0 radical (unpaired) electrons. The number of carbonyl (C=O) groups is 4. The molecule has 264 valence electrons. The van der Waals surface area contributed by atoms with E-state index in [1.165, 1.54) is 24.3 Å². The number of nitrogen functional groups attached to an aromatic ring is 2. The molecule has 19 heteroatoms. The minimum Gasteiger partial charge on any atom is -0.460 e. The molecular weight excluding hydrogens is 682 g/mol. The lowest BCUT2D eigenvalue weighted by Gasteiger charge is -2.38. The van der Waals surface area contributed by atoms with Crippen LogP contribution in [0.4, 0.5) is 11.6 Å². The van der Waals surface area contributed by atoms with Crippen LogP contribution >= 0.6 is 11.6 Å². The van der Waals surface area contributed by atoms with E-state index in [0.717, 1.165) is 32.1 Å². The van der Waals surface area contributed by atoms with Crippen LogP contribution in [0.15, 0.2) is 34.2 Å². The number of piperidine rings is 1. The van der Waals surface area contributed by atoms with Crippen molar-refractivity contribution in [3.8, 4) is 0 Å². The Morgan fingerprint density at radius 3 is 2.53 bits per heavy atom. The number of carbonyl (C=O) groups excluding carboxylic acids is 4. The topological polar surface area (TPSA) is 250 Å². The Morgan fingerprint density at radius 2 is 1.80 bits per heavy atom. The first kappa shape index (κ1) is 35.7. The van der Waals surface area contributed by atoms with Gasteiger partial charge in [-0.2, -0.15) is 4.99 Å². The lowest BCUT2D eigenvalue weighted by molar-refractivity contribution is -0.163. The maximum Gasteiger partial charge on any atom is 0.344 e. The van der Waals surface area contributed by atoms with Crippen molar-refractivity contribution in [1.82, 2.24) is 30.2 Å². The summed E-state index contributed by atoms with van der Waals surface area (Å²) in [6.45, 7) is 0.356. The van der Waals surface area contributed by atoms with Gasteiger partial charge in [-0.25, -0.2) is 27.9 Å². The zero-order chi connectivity index (χ0) is 35.2. The zero-order valence-corrected chi connectivity index (χ0v) is 28.1. The molecule has 2 amide bonds. The molecule has 5 rings (SSSR count).